The number of thioether (sulfide) groups is 1. The van der Waals surface area contributed by atoms with Crippen LogP contribution in [-0.2, 0) is 17.8 Å². The van der Waals surface area contributed by atoms with Crippen LogP contribution in [0.4, 0.5) is 0 Å². The van der Waals surface area contributed by atoms with Gasteiger partial charge in [-0.25, -0.2) is 4.99 Å². The monoisotopic (exact) mass is 283 g/mol. The molecule has 1 aliphatic rings. The molecular weight excluding hydrogens is 262 g/mol. The molecule has 0 bridgehead atoms. The summed E-state index contributed by atoms with van der Waals surface area (Å²) < 4.78 is 6.88. The normalized spacial score (nSPS) is 16.9. The van der Waals surface area contributed by atoms with Crippen molar-refractivity contribution in [3.05, 3.63) is 18.0 Å². The number of hydrogen-bond donors (Lipinski definition) is 1. The zero-order valence-electron chi connectivity index (χ0n) is 11.3. The molecule has 1 aliphatic heterocycles. The van der Waals surface area contributed by atoms with Crippen LogP contribution in [0.3, 0.4) is 0 Å². The van der Waals surface area contributed by atoms with Gasteiger partial charge in [-0.15, -0.1) is 0 Å². The Kier molecular flexibility index (Phi) is 5.53. The van der Waals surface area contributed by atoms with Gasteiger partial charge < -0.3 is 15.4 Å². The molecule has 1 fully saturated rings. The zero-order chi connectivity index (χ0) is 13.5. The Labute approximate surface area is 118 Å². The SMILES string of the molecule is COCCn1cc(CN=C(N)N2CCSCC2)cn1. The van der Waals surface area contributed by atoms with Gasteiger partial charge in [0.05, 0.1) is 25.9 Å². The highest BCUT2D eigenvalue weighted by Gasteiger charge is 2.11. The third-order valence-corrected chi connectivity index (χ3v) is 3.91. The first kappa shape index (κ1) is 14.2. The second kappa shape index (κ2) is 7.40. The van der Waals surface area contributed by atoms with Gasteiger partial charge in [0.15, 0.2) is 5.96 Å². The van der Waals surface area contributed by atoms with Crippen molar-refractivity contribution in [2.45, 2.75) is 13.1 Å². The van der Waals surface area contributed by atoms with E-state index in [-0.39, 0.29) is 0 Å². The molecule has 106 valence electrons. The molecule has 0 aliphatic carbocycles. The molecular formula is C12H21N5OS. The van der Waals surface area contributed by atoms with Crippen molar-refractivity contribution < 1.29 is 4.74 Å². The van der Waals surface area contributed by atoms with Gasteiger partial charge in [0.2, 0.25) is 0 Å². The Morgan fingerprint density at radius 2 is 2.32 bits per heavy atom. The predicted octanol–water partition coefficient (Wildman–Crippen LogP) is 0.393. The van der Waals surface area contributed by atoms with E-state index in [0.29, 0.717) is 19.1 Å². The molecule has 0 aromatic carbocycles. The smallest absolute Gasteiger partial charge is 0.191 e. The van der Waals surface area contributed by atoms with Crippen LogP contribution in [0.1, 0.15) is 5.56 Å². The zero-order valence-corrected chi connectivity index (χ0v) is 12.1. The topological polar surface area (TPSA) is 68.7 Å². The first-order valence-corrected chi connectivity index (χ1v) is 7.58. The highest BCUT2D eigenvalue weighted by atomic mass is 32.2. The third-order valence-electron chi connectivity index (χ3n) is 2.97. The first-order chi connectivity index (χ1) is 9.29. The minimum Gasteiger partial charge on any atom is -0.383 e. The summed E-state index contributed by atoms with van der Waals surface area (Å²) in [5, 5.41) is 4.25. The lowest BCUT2D eigenvalue weighted by Crippen LogP contribution is -2.42. The van der Waals surface area contributed by atoms with Gasteiger partial charge >= 0.3 is 0 Å². The van der Waals surface area contributed by atoms with Crippen molar-refractivity contribution in [3.63, 3.8) is 0 Å². The van der Waals surface area contributed by atoms with Crippen LogP contribution in [0.5, 0.6) is 0 Å². The maximum atomic E-state index is 6.00. The van der Waals surface area contributed by atoms with Crippen LogP contribution in [0.2, 0.25) is 0 Å². The van der Waals surface area contributed by atoms with Crippen molar-refractivity contribution >= 4 is 17.7 Å². The second-order valence-corrected chi connectivity index (χ2v) is 5.60. The summed E-state index contributed by atoms with van der Waals surface area (Å²) in [4.78, 5) is 6.58. The molecule has 0 saturated carbocycles. The molecule has 0 spiro atoms. The Morgan fingerprint density at radius 3 is 3.05 bits per heavy atom. The van der Waals surface area contributed by atoms with E-state index in [2.05, 4.69) is 15.0 Å². The lowest BCUT2D eigenvalue weighted by atomic mass is 10.4. The molecule has 0 amide bonds. The summed E-state index contributed by atoms with van der Waals surface area (Å²) in [6, 6.07) is 0. The first-order valence-electron chi connectivity index (χ1n) is 6.42. The number of ether oxygens (including phenoxy) is 1. The van der Waals surface area contributed by atoms with Gasteiger partial charge in [-0.05, 0) is 0 Å². The average molecular weight is 283 g/mol. The fourth-order valence-electron chi connectivity index (χ4n) is 1.86. The molecule has 19 heavy (non-hydrogen) atoms. The summed E-state index contributed by atoms with van der Waals surface area (Å²) in [5.74, 6) is 2.90. The summed E-state index contributed by atoms with van der Waals surface area (Å²) >= 11 is 1.96. The molecule has 2 rings (SSSR count). The number of hydrogen-bond acceptors (Lipinski definition) is 4. The quantitative estimate of drug-likeness (QED) is 0.625. The number of aromatic nitrogens is 2. The molecule has 0 unspecified atom stereocenters. The van der Waals surface area contributed by atoms with Crippen LogP contribution in [0, 0.1) is 0 Å². The summed E-state index contributed by atoms with van der Waals surface area (Å²) in [5.41, 5.74) is 7.08. The molecule has 1 aromatic heterocycles. The highest BCUT2D eigenvalue weighted by Crippen LogP contribution is 2.09. The standard InChI is InChI=1S/C12H21N5OS/c1-18-5-2-17-10-11(9-15-17)8-14-12(13)16-3-6-19-7-4-16/h9-10H,2-8H2,1H3,(H2,13,14). The summed E-state index contributed by atoms with van der Waals surface area (Å²) in [6.07, 6.45) is 3.82. The Morgan fingerprint density at radius 1 is 1.53 bits per heavy atom. The fraction of sp³-hybridized carbons (Fsp3) is 0.667. The number of rotatable bonds is 5. The molecule has 1 aromatic rings. The van der Waals surface area contributed by atoms with Crippen molar-refractivity contribution in [3.8, 4) is 0 Å². The number of guanidine groups is 1. The minimum atomic E-state index is 0.586. The Hall–Kier alpha value is -1.21. The summed E-state index contributed by atoms with van der Waals surface area (Å²) in [7, 11) is 1.69. The van der Waals surface area contributed by atoms with Crippen molar-refractivity contribution in [2.75, 3.05) is 38.3 Å². The van der Waals surface area contributed by atoms with Crippen LogP contribution in [-0.4, -0.2) is 59.0 Å². The van der Waals surface area contributed by atoms with Gasteiger partial charge in [0, 0.05) is 43.5 Å². The number of nitrogens with zero attached hydrogens (tertiary/aromatic N) is 4. The van der Waals surface area contributed by atoms with Crippen molar-refractivity contribution in [2.24, 2.45) is 10.7 Å². The van der Waals surface area contributed by atoms with Gasteiger partial charge in [-0.2, -0.15) is 16.9 Å². The maximum absolute atomic E-state index is 6.00. The summed E-state index contributed by atoms with van der Waals surface area (Å²) in [6.45, 7) is 4.00. The van der Waals surface area contributed by atoms with E-state index < -0.39 is 0 Å². The van der Waals surface area contributed by atoms with Gasteiger partial charge in [0.1, 0.15) is 0 Å². The van der Waals surface area contributed by atoms with Crippen LogP contribution < -0.4 is 5.73 Å². The number of aliphatic imine (C=N–C) groups is 1. The van der Waals surface area contributed by atoms with E-state index in [4.69, 9.17) is 10.5 Å². The van der Waals surface area contributed by atoms with E-state index in [1.165, 1.54) is 0 Å². The van der Waals surface area contributed by atoms with Crippen LogP contribution in [0.15, 0.2) is 17.4 Å². The lowest BCUT2D eigenvalue weighted by Gasteiger charge is -2.27. The van der Waals surface area contributed by atoms with E-state index >= 15 is 0 Å². The third kappa shape index (κ3) is 4.43. The molecule has 7 heteroatoms. The molecule has 2 heterocycles. The Balaban J connectivity index is 1.84. The molecule has 0 radical (unpaired) electrons. The highest BCUT2D eigenvalue weighted by molar-refractivity contribution is 7.99. The molecule has 2 N–H and O–H groups in total. The van der Waals surface area contributed by atoms with E-state index in [1.54, 1.807) is 7.11 Å². The predicted molar refractivity (Wildman–Crippen MR) is 78.3 cm³/mol. The van der Waals surface area contributed by atoms with E-state index in [0.717, 1.165) is 36.7 Å². The van der Waals surface area contributed by atoms with Gasteiger partial charge in [0.25, 0.3) is 0 Å². The lowest BCUT2D eigenvalue weighted by molar-refractivity contribution is 0.183. The molecule has 1 saturated heterocycles. The Bertz CT molecular complexity index is 414. The van der Waals surface area contributed by atoms with Crippen molar-refractivity contribution in [1.82, 2.24) is 14.7 Å². The fourth-order valence-corrected chi connectivity index (χ4v) is 2.76. The largest absolute Gasteiger partial charge is 0.383 e. The van der Waals surface area contributed by atoms with Gasteiger partial charge in [-0.1, -0.05) is 0 Å². The van der Waals surface area contributed by atoms with Crippen LogP contribution in [0.25, 0.3) is 0 Å². The number of nitrogens with two attached hydrogens (primary N) is 1. The van der Waals surface area contributed by atoms with Gasteiger partial charge in [-0.3, -0.25) is 4.68 Å². The van der Waals surface area contributed by atoms with Crippen LogP contribution >= 0.6 is 11.8 Å². The molecule has 0 atom stereocenters. The average Bonchev–Trinajstić information content (AvgIpc) is 2.91. The number of methoxy groups -OCH3 is 1. The maximum Gasteiger partial charge on any atom is 0.191 e. The van der Waals surface area contributed by atoms with Crippen molar-refractivity contribution in [1.29, 1.82) is 0 Å². The van der Waals surface area contributed by atoms with E-state index in [1.807, 2.05) is 28.8 Å². The second-order valence-electron chi connectivity index (χ2n) is 4.38. The molecule has 6 nitrogen and oxygen atoms in total. The minimum absolute atomic E-state index is 0.586. The van der Waals surface area contributed by atoms with E-state index in [9.17, 15) is 0 Å².